The fraction of sp³-hybridized carbons (Fsp3) is 0.222. The van der Waals surface area contributed by atoms with E-state index in [1.54, 1.807) is 24.2 Å². The quantitative estimate of drug-likeness (QED) is 0.556. The lowest BCUT2D eigenvalue weighted by molar-refractivity contribution is 0.412. The smallest absolute Gasteiger partial charge is 0.269 e. The Morgan fingerprint density at radius 1 is 1.27 bits per heavy atom. The van der Waals surface area contributed by atoms with Crippen LogP contribution in [0.25, 0.3) is 22.0 Å². The Hall–Kier alpha value is -3.00. The number of methoxy groups -OCH3 is 1. The molecule has 3 aromatic heterocycles. The van der Waals surface area contributed by atoms with Crippen LogP contribution in [0.4, 0.5) is 0 Å². The molecule has 8 heteroatoms. The van der Waals surface area contributed by atoms with E-state index in [2.05, 4.69) is 10.1 Å². The summed E-state index contributed by atoms with van der Waals surface area (Å²) in [6, 6.07) is 7.58. The highest BCUT2D eigenvalue weighted by Gasteiger charge is 2.30. The lowest BCUT2D eigenvalue weighted by Crippen LogP contribution is -2.17. The average Bonchev–Trinajstić information content (AvgIpc) is 3.24. The largest absolute Gasteiger partial charge is 0.494 e. The first-order valence-corrected chi connectivity index (χ1v) is 9.20. The number of benzene rings is 1. The second kappa shape index (κ2) is 5.77. The van der Waals surface area contributed by atoms with Crippen LogP contribution in [0.1, 0.15) is 24.6 Å². The molecule has 0 amide bonds. The van der Waals surface area contributed by atoms with E-state index in [4.69, 9.17) is 9.72 Å². The van der Waals surface area contributed by atoms with E-state index in [1.807, 2.05) is 29.6 Å². The number of rotatable bonds is 4. The normalized spacial score (nSPS) is 14.0. The third-order valence-corrected chi connectivity index (χ3v) is 5.23. The molecule has 130 valence electrons. The maximum atomic E-state index is 12.9. The fourth-order valence-corrected chi connectivity index (χ4v) is 3.64. The molecule has 1 saturated carbocycles. The second-order valence-electron chi connectivity index (χ2n) is 6.18. The van der Waals surface area contributed by atoms with Gasteiger partial charge in [-0.25, -0.2) is 14.6 Å². The van der Waals surface area contributed by atoms with Gasteiger partial charge in [0.25, 0.3) is 5.56 Å². The highest BCUT2D eigenvalue weighted by molar-refractivity contribution is 7.15. The van der Waals surface area contributed by atoms with Gasteiger partial charge in [-0.2, -0.15) is 5.10 Å². The van der Waals surface area contributed by atoms with Crippen molar-refractivity contribution >= 4 is 16.3 Å². The molecule has 0 N–H and O–H groups in total. The minimum Gasteiger partial charge on any atom is -0.494 e. The highest BCUT2D eigenvalue weighted by atomic mass is 32.1. The maximum Gasteiger partial charge on any atom is 0.269 e. The van der Waals surface area contributed by atoms with Crippen LogP contribution in [0.15, 0.2) is 46.8 Å². The second-order valence-corrected chi connectivity index (χ2v) is 7.06. The van der Waals surface area contributed by atoms with Crippen LogP contribution in [-0.2, 0) is 0 Å². The summed E-state index contributed by atoms with van der Waals surface area (Å²) in [5.74, 6) is 2.30. The van der Waals surface area contributed by atoms with Crippen LogP contribution in [0.2, 0.25) is 0 Å². The van der Waals surface area contributed by atoms with Crippen molar-refractivity contribution in [2.45, 2.75) is 18.8 Å². The van der Waals surface area contributed by atoms with Crippen molar-refractivity contribution in [2.24, 2.45) is 0 Å². The van der Waals surface area contributed by atoms with Gasteiger partial charge in [-0.1, -0.05) is 12.1 Å². The minimum absolute atomic E-state index is 0.151. The van der Waals surface area contributed by atoms with Crippen molar-refractivity contribution in [2.75, 3.05) is 7.11 Å². The predicted octanol–water partition coefficient (Wildman–Crippen LogP) is 2.89. The molecule has 26 heavy (non-hydrogen) atoms. The van der Waals surface area contributed by atoms with Gasteiger partial charge in [0, 0.05) is 23.7 Å². The standard InChI is InChI=1S/C18H15N5O2S/c1-25-14-5-3-2-4-13(14)23-16(20-15(21-23)11-6-7-11)12-10-19-18-22(17(12)24)8-9-26-18/h2-5,8-11H,6-7H2,1H3. The van der Waals surface area contributed by atoms with Crippen molar-refractivity contribution < 1.29 is 4.74 Å². The van der Waals surface area contributed by atoms with Crippen molar-refractivity contribution in [3.05, 3.63) is 58.2 Å². The van der Waals surface area contributed by atoms with Crippen molar-refractivity contribution in [3.8, 4) is 22.8 Å². The molecular weight excluding hydrogens is 350 g/mol. The Morgan fingerprint density at radius 3 is 2.92 bits per heavy atom. The number of hydrogen-bond donors (Lipinski definition) is 0. The number of thiazole rings is 1. The molecule has 0 aliphatic heterocycles. The Morgan fingerprint density at radius 2 is 2.12 bits per heavy atom. The zero-order valence-corrected chi connectivity index (χ0v) is 14.8. The van der Waals surface area contributed by atoms with Gasteiger partial charge < -0.3 is 4.74 Å². The zero-order valence-electron chi connectivity index (χ0n) is 14.0. The molecule has 0 atom stereocenters. The Kier molecular flexibility index (Phi) is 3.39. The van der Waals surface area contributed by atoms with E-state index in [9.17, 15) is 4.79 Å². The summed E-state index contributed by atoms with van der Waals surface area (Å²) in [4.78, 5) is 22.7. The lowest BCUT2D eigenvalue weighted by atomic mass is 10.2. The summed E-state index contributed by atoms with van der Waals surface area (Å²) in [7, 11) is 1.62. The van der Waals surface area contributed by atoms with Crippen LogP contribution in [0.3, 0.4) is 0 Å². The molecule has 0 spiro atoms. The molecule has 3 heterocycles. The van der Waals surface area contributed by atoms with Gasteiger partial charge in [0.1, 0.15) is 17.0 Å². The number of fused-ring (bicyclic) bond motifs is 1. The number of para-hydroxylation sites is 2. The van der Waals surface area contributed by atoms with Crippen LogP contribution in [0, 0.1) is 0 Å². The van der Waals surface area contributed by atoms with Gasteiger partial charge >= 0.3 is 0 Å². The predicted molar refractivity (Wildman–Crippen MR) is 98.2 cm³/mol. The summed E-state index contributed by atoms with van der Waals surface area (Å²) in [5, 5.41) is 6.53. The van der Waals surface area contributed by atoms with Crippen molar-refractivity contribution in [3.63, 3.8) is 0 Å². The Bertz CT molecular complexity index is 1170. The molecule has 0 saturated heterocycles. The molecule has 1 aromatic carbocycles. The Labute approximate surface area is 152 Å². The topological polar surface area (TPSA) is 74.3 Å². The summed E-state index contributed by atoms with van der Waals surface area (Å²) in [5.41, 5.74) is 1.02. The van der Waals surface area contributed by atoms with E-state index in [0.29, 0.717) is 28.0 Å². The monoisotopic (exact) mass is 365 g/mol. The summed E-state index contributed by atoms with van der Waals surface area (Å²) < 4.78 is 8.72. The van der Waals surface area contributed by atoms with E-state index in [-0.39, 0.29) is 5.56 Å². The number of nitrogens with zero attached hydrogens (tertiary/aromatic N) is 5. The maximum absolute atomic E-state index is 12.9. The van der Waals surface area contributed by atoms with E-state index in [0.717, 1.165) is 24.4 Å². The molecule has 1 aliphatic rings. The molecule has 0 unspecified atom stereocenters. The summed E-state index contributed by atoms with van der Waals surface area (Å²) in [6.45, 7) is 0. The lowest BCUT2D eigenvalue weighted by Gasteiger charge is -2.10. The van der Waals surface area contributed by atoms with Gasteiger partial charge in [0.2, 0.25) is 0 Å². The third kappa shape index (κ3) is 2.33. The van der Waals surface area contributed by atoms with Gasteiger partial charge in [0.15, 0.2) is 16.6 Å². The first-order valence-electron chi connectivity index (χ1n) is 8.32. The number of hydrogen-bond acceptors (Lipinski definition) is 6. The van der Waals surface area contributed by atoms with Gasteiger partial charge in [-0.05, 0) is 25.0 Å². The highest BCUT2D eigenvalue weighted by Crippen LogP contribution is 2.39. The van der Waals surface area contributed by atoms with Crippen LogP contribution in [-0.4, -0.2) is 31.3 Å². The molecule has 4 aromatic rings. The van der Waals surface area contributed by atoms with Gasteiger partial charge in [-0.15, -0.1) is 11.3 Å². The molecule has 1 aliphatic carbocycles. The van der Waals surface area contributed by atoms with Gasteiger partial charge in [-0.3, -0.25) is 9.20 Å². The van der Waals surface area contributed by atoms with Crippen LogP contribution < -0.4 is 10.3 Å². The molecule has 7 nitrogen and oxygen atoms in total. The molecule has 1 fully saturated rings. The Balaban J connectivity index is 1.77. The number of ether oxygens (including phenoxy) is 1. The molecule has 5 rings (SSSR count). The fourth-order valence-electron chi connectivity index (χ4n) is 2.97. The molecule has 0 bridgehead atoms. The SMILES string of the molecule is COc1ccccc1-n1nc(C2CC2)nc1-c1cnc2sccn2c1=O. The van der Waals surface area contributed by atoms with Crippen LogP contribution in [0.5, 0.6) is 5.75 Å². The summed E-state index contributed by atoms with van der Waals surface area (Å²) in [6.07, 6.45) is 5.47. The minimum atomic E-state index is -0.151. The number of aromatic nitrogens is 5. The summed E-state index contributed by atoms with van der Waals surface area (Å²) >= 11 is 1.42. The molecular formula is C18H15N5O2S. The van der Waals surface area contributed by atoms with E-state index in [1.165, 1.54) is 15.7 Å². The van der Waals surface area contributed by atoms with Crippen molar-refractivity contribution in [1.82, 2.24) is 24.1 Å². The van der Waals surface area contributed by atoms with E-state index >= 15 is 0 Å². The van der Waals surface area contributed by atoms with Crippen LogP contribution >= 0.6 is 11.3 Å². The average molecular weight is 365 g/mol. The third-order valence-electron chi connectivity index (χ3n) is 4.46. The van der Waals surface area contributed by atoms with E-state index < -0.39 is 0 Å². The molecule has 0 radical (unpaired) electrons. The first kappa shape index (κ1) is 15.3. The van der Waals surface area contributed by atoms with Gasteiger partial charge in [0.05, 0.1) is 7.11 Å². The first-order chi connectivity index (χ1) is 12.8. The van der Waals surface area contributed by atoms with Crippen molar-refractivity contribution in [1.29, 1.82) is 0 Å². The zero-order chi connectivity index (χ0) is 17.7.